The molecular formula is C25H28ClF2N7O5. The van der Waals surface area contributed by atoms with Crippen molar-refractivity contribution >= 4 is 46.0 Å². The number of β-amino-alcohol motifs (C(OH)–C–C–N with tert-alkyl or cyclic N) is 1. The zero-order chi connectivity index (χ0) is 28.8. The number of fused-ring (bicyclic) bond motifs is 1. The molecule has 2 atom stereocenters. The number of rotatable bonds is 7. The predicted octanol–water partition coefficient (Wildman–Crippen LogP) is 1.19. The van der Waals surface area contributed by atoms with E-state index >= 15 is 0 Å². The van der Waals surface area contributed by atoms with E-state index in [1.54, 1.807) is 18.2 Å². The van der Waals surface area contributed by atoms with Crippen molar-refractivity contribution in [1.82, 2.24) is 24.4 Å². The Balaban J connectivity index is 1.52. The third-order valence-electron chi connectivity index (χ3n) is 7.22. The monoisotopic (exact) mass is 579 g/mol. The SMILES string of the molecule is CNC(=O)Cn1c(=O)c(=O)n(CC2COC2)c2ccc(Nc3nc(N4C[C@@H](O)C(F)(F)[C@@H](C)C4)ncc3Cl)cc21. The maximum Gasteiger partial charge on any atom is 0.317 e. The van der Waals surface area contributed by atoms with Crippen molar-refractivity contribution in [3.8, 4) is 0 Å². The van der Waals surface area contributed by atoms with E-state index in [-0.39, 0.29) is 42.3 Å². The minimum atomic E-state index is -3.23. The van der Waals surface area contributed by atoms with E-state index in [0.717, 1.165) is 4.57 Å². The van der Waals surface area contributed by atoms with Gasteiger partial charge in [-0.05, 0) is 18.2 Å². The third kappa shape index (κ3) is 5.13. The van der Waals surface area contributed by atoms with Gasteiger partial charge in [0.25, 0.3) is 5.92 Å². The van der Waals surface area contributed by atoms with Crippen molar-refractivity contribution in [3.63, 3.8) is 0 Å². The summed E-state index contributed by atoms with van der Waals surface area (Å²) in [4.78, 5) is 48.2. The van der Waals surface area contributed by atoms with Gasteiger partial charge in [-0.25, -0.2) is 13.8 Å². The zero-order valence-electron chi connectivity index (χ0n) is 21.7. The number of nitrogens with one attached hydrogen (secondary N) is 2. The summed E-state index contributed by atoms with van der Waals surface area (Å²) in [5, 5.41) is 15.6. The lowest BCUT2D eigenvalue weighted by Crippen LogP contribution is -2.56. The van der Waals surface area contributed by atoms with Gasteiger partial charge < -0.3 is 29.9 Å². The van der Waals surface area contributed by atoms with Crippen molar-refractivity contribution < 1.29 is 23.4 Å². The number of carbonyl (C=O) groups is 1. The molecule has 15 heteroatoms. The van der Waals surface area contributed by atoms with Crippen molar-refractivity contribution in [2.45, 2.75) is 32.0 Å². The molecule has 1 amide bonds. The molecule has 0 aliphatic carbocycles. The standard InChI is InChI=1S/C25H28ClF2N7O5/c1-13-7-33(9-19(36)25(13,27)28)24-30-6-16(26)21(32-24)31-15-3-4-17-18(5-15)35(10-20(37)29-2)23(39)22(38)34(17)8-14-11-40-12-14/h3-6,13-14,19,36H,7-12H2,1-2H3,(H,29,37)(H,30,31,32)/t13-,19+/m0/s1. The molecule has 3 aromatic rings. The van der Waals surface area contributed by atoms with Crippen LogP contribution in [0.3, 0.4) is 0 Å². The zero-order valence-corrected chi connectivity index (χ0v) is 22.5. The molecule has 2 aliphatic rings. The smallest absolute Gasteiger partial charge is 0.317 e. The highest BCUT2D eigenvalue weighted by Crippen LogP contribution is 2.35. The fourth-order valence-electron chi connectivity index (χ4n) is 4.79. The maximum atomic E-state index is 14.1. The second kappa shape index (κ2) is 10.7. The van der Waals surface area contributed by atoms with Crippen LogP contribution in [0.15, 0.2) is 34.0 Å². The van der Waals surface area contributed by atoms with Crippen molar-refractivity contribution in [2.24, 2.45) is 11.8 Å². The first-order valence-electron chi connectivity index (χ1n) is 12.7. The Morgan fingerprint density at radius 3 is 2.58 bits per heavy atom. The highest BCUT2D eigenvalue weighted by Gasteiger charge is 2.49. The summed E-state index contributed by atoms with van der Waals surface area (Å²) >= 11 is 6.33. The van der Waals surface area contributed by atoms with Crippen LogP contribution in [0.2, 0.25) is 5.02 Å². The Hall–Kier alpha value is -3.62. The molecule has 0 saturated carbocycles. The molecule has 5 rings (SSSR count). The lowest BCUT2D eigenvalue weighted by Gasteiger charge is -2.40. The Morgan fingerprint density at radius 1 is 1.20 bits per heavy atom. The first-order chi connectivity index (χ1) is 19.0. The molecule has 40 heavy (non-hydrogen) atoms. The number of aliphatic hydroxyl groups excluding tert-OH is 1. The normalized spacial score (nSPS) is 20.8. The highest BCUT2D eigenvalue weighted by molar-refractivity contribution is 6.32. The van der Waals surface area contributed by atoms with Gasteiger partial charge in [-0.15, -0.1) is 0 Å². The molecule has 2 aromatic heterocycles. The summed E-state index contributed by atoms with van der Waals surface area (Å²) in [7, 11) is 1.43. The topological polar surface area (TPSA) is 144 Å². The number of halogens is 3. The van der Waals surface area contributed by atoms with Gasteiger partial charge in [0.1, 0.15) is 17.7 Å². The molecule has 214 valence electrons. The molecule has 12 nitrogen and oxygen atoms in total. The van der Waals surface area contributed by atoms with Crippen molar-refractivity contribution in [3.05, 3.63) is 50.1 Å². The van der Waals surface area contributed by atoms with Crippen LogP contribution in [0.1, 0.15) is 6.92 Å². The number of carbonyl (C=O) groups excluding carboxylic acids is 1. The van der Waals surface area contributed by atoms with Gasteiger partial charge in [0.15, 0.2) is 5.82 Å². The third-order valence-corrected chi connectivity index (χ3v) is 7.50. The molecule has 1 aromatic carbocycles. The van der Waals surface area contributed by atoms with E-state index < -0.39 is 35.0 Å². The maximum absolute atomic E-state index is 14.1. The number of nitrogens with zero attached hydrogens (tertiary/aromatic N) is 5. The molecule has 0 spiro atoms. The van der Waals surface area contributed by atoms with Crippen LogP contribution in [-0.4, -0.2) is 75.5 Å². The van der Waals surface area contributed by atoms with E-state index in [2.05, 4.69) is 20.6 Å². The second-order valence-electron chi connectivity index (χ2n) is 10.1. The number of ether oxygens (including phenoxy) is 1. The van der Waals surface area contributed by atoms with Crippen LogP contribution in [-0.2, 0) is 22.6 Å². The highest BCUT2D eigenvalue weighted by atomic mass is 35.5. The summed E-state index contributed by atoms with van der Waals surface area (Å²) < 4.78 is 36.0. The average Bonchev–Trinajstić information content (AvgIpc) is 2.90. The van der Waals surface area contributed by atoms with Crippen LogP contribution in [0.4, 0.5) is 26.2 Å². The number of benzene rings is 1. The Morgan fingerprint density at radius 2 is 1.93 bits per heavy atom. The molecule has 0 bridgehead atoms. The average molecular weight is 580 g/mol. The number of aromatic nitrogens is 4. The predicted molar refractivity (Wildman–Crippen MR) is 143 cm³/mol. The molecule has 3 N–H and O–H groups in total. The number of amides is 1. The summed E-state index contributed by atoms with van der Waals surface area (Å²) in [6, 6.07) is 4.91. The minimum absolute atomic E-state index is 0.0730. The lowest BCUT2D eigenvalue weighted by atomic mass is 9.93. The molecule has 2 fully saturated rings. The van der Waals surface area contributed by atoms with Crippen LogP contribution in [0.25, 0.3) is 11.0 Å². The second-order valence-corrected chi connectivity index (χ2v) is 10.5. The van der Waals surface area contributed by atoms with E-state index in [1.807, 2.05) is 0 Å². The van der Waals surface area contributed by atoms with E-state index in [1.165, 1.54) is 29.6 Å². The van der Waals surface area contributed by atoms with Gasteiger partial charge in [0, 0.05) is 37.7 Å². The largest absolute Gasteiger partial charge is 0.385 e. The fraction of sp³-hybridized carbons (Fsp3) is 0.480. The summed E-state index contributed by atoms with van der Waals surface area (Å²) in [6.45, 7) is 1.80. The number of hydrogen-bond acceptors (Lipinski definition) is 9. The summed E-state index contributed by atoms with van der Waals surface area (Å²) in [6.07, 6.45) is -0.565. The van der Waals surface area contributed by atoms with Crippen LogP contribution >= 0.6 is 11.6 Å². The Bertz CT molecular complexity index is 1560. The quantitative estimate of drug-likeness (QED) is 0.352. The number of anilines is 3. The van der Waals surface area contributed by atoms with E-state index in [4.69, 9.17) is 16.3 Å². The van der Waals surface area contributed by atoms with Crippen LogP contribution in [0.5, 0.6) is 0 Å². The first-order valence-corrected chi connectivity index (χ1v) is 13.0. The van der Waals surface area contributed by atoms with Crippen LogP contribution < -0.4 is 26.7 Å². The van der Waals surface area contributed by atoms with E-state index in [0.29, 0.717) is 36.5 Å². The number of piperidine rings is 1. The number of likely N-dealkylation sites (N-methyl/N-ethyl adjacent to an activating group) is 1. The number of aliphatic hydroxyl groups is 1. The molecule has 2 saturated heterocycles. The molecule has 0 unspecified atom stereocenters. The molecular weight excluding hydrogens is 552 g/mol. The first kappa shape index (κ1) is 27.9. The van der Waals surface area contributed by atoms with Gasteiger partial charge in [0.05, 0.1) is 37.0 Å². The van der Waals surface area contributed by atoms with Gasteiger partial charge >= 0.3 is 11.1 Å². The van der Waals surface area contributed by atoms with Crippen molar-refractivity contribution in [1.29, 1.82) is 0 Å². The molecule has 0 radical (unpaired) electrons. The molecule has 2 aliphatic heterocycles. The fourth-order valence-corrected chi connectivity index (χ4v) is 4.93. The molecule has 4 heterocycles. The number of alkyl halides is 2. The Kier molecular flexibility index (Phi) is 7.50. The van der Waals surface area contributed by atoms with E-state index in [9.17, 15) is 28.3 Å². The lowest BCUT2D eigenvalue weighted by molar-refractivity contribution is -0.149. The van der Waals surface area contributed by atoms with Gasteiger partial charge in [0.2, 0.25) is 11.9 Å². The Labute approximate surface area is 231 Å². The van der Waals surface area contributed by atoms with Gasteiger partial charge in [-0.2, -0.15) is 4.98 Å². The van der Waals surface area contributed by atoms with Crippen molar-refractivity contribution in [2.75, 3.05) is 43.6 Å². The van der Waals surface area contributed by atoms with Gasteiger partial charge in [-0.1, -0.05) is 18.5 Å². The summed E-state index contributed by atoms with van der Waals surface area (Å²) in [5.41, 5.74) is -0.363. The minimum Gasteiger partial charge on any atom is -0.385 e. The van der Waals surface area contributed by atoms with Gasteiger partial charge in [-0.3, -0.25) is 19.0 Å². The number of hydrogen-bond donors (Lipinski definition) is 3. The summed E-state index contributed by atoms with van der Waals surface area (Å²) in [5.74, 6) is -4.48. The van der Waals surface area contributed by atoms with Crippen LogP contribution in [0, 0.1) is 11.8 Å².